The summed E-state index contributed by atoms with van der Waals surface area (Å²) in [6.07, 6.45) is 1.45. The molecule has 0 spiro atoms. The molecular formula is C21H19N3O2S2. The van der Waals surface area contributed by atoms with Crippen LogP contribution in [0.5, 0.6) is 0 Å². The average molecular weight is 410 g/mol. The number of rotatable bonds is 4. The third-order valence-corrected chi connectivity index (χ3v) is 6.46. The third kappa shape index (κ3) is 3.50. The molecule has 0 saturated carbocycles. The van der Waals surface area contributed by atoms with Crippen molar-refractivity contribution >= 4 is 44.5 Å². The number of hydrogen-bond acceptors (Lipinski definition) is 5. The predicted octanol–water partition coefficient (Wildman–Crippen LogP) is 4.75. The van der Waals surface area contributed by atoms with Crippen molar-refractivity contribution in [3.05, 3.63) is 68.4 Å². The number of aromatic nitrogens is 2. The second-order valence-corrected chi connectivity index (χ2v) is 8.93. The molecule has 0 aliphatic carbocycles. The lowest BCUT2D eigenvalue weighted by molar-refractivity contribution is -0.116. The molecule has 142 valence electrons. The highest BCUT2D eigenvalue weighted by Gasteiger charge is 2.16. The number of hydrogen-bond donors (Lipinski definition) is 1. The van der Waals surface area contributed by atoms with Gasteiger partial charge in [0.15, 0.2) is 0 Å². The van der Waals surface area contributed by atoms with Crippen LogP contribution in [0.2, 0.25) is 0 Å². The molecular weight excluding hydrogens is 390 g/mol. The summed E-state index contributed by atoms with van der Waals surface area (Å²) in [5, 5.41) is 5.42. The fraction of sp³-hybridized carbons (Fsp3) is 0.190. The quantitative estimate of drug-likeness (QED) is 0.529. The molecule has 0 aliphatic rings. The minimum absolute atomic E-state index is 0.0756. The molecule has 7 heteroatoms. The van der Waals surface area contributed by atoms with Gasteiger partial charge >= 0.3 is 0 Å². The van der Waals surface area contributed by atoms with E-state index < -0.39 is 0 Å². The van der Waals surface area contributed by atoms with Gasteiger partial charge in [-0.15, -0.1) is 22.7 Å². The Balaban J connectivity index is 1.65. The number of anilines is 1. The Morgan fingerprint density at radius 3 is 2.71 bits per heavy atom. The van der Waals surface area contributed by atoms with E-state index in [1.165, 1.54) is 27.1 Å². The summed E-state index contributed by atoms with van der Waals surface area (Å²) in [4.78, 5) is 32.9. The Morgan fingerprint density at radius 1 is 1.18 bits per heavy atom. The first-order valence-corrected chi connectivity index (χ1v) is 10.5. The van der Waals surface area contributed by atoms with Crippen LogP contribution in [-0.4, -0.2) is 15.5 Å². The fourth-order valence-corrected chi connectivity index (χ4v) is 5.00. The maximum atomic E-state index is 13.0. The van der Waals surface area contributed by atoms with Crippen molar-refractivity contribution in [2.24, 2.45) is 0 Å². The summed E-state index contributed by atoms with van der Waals surface area (Å²) >= 11 is 3.09. The van der Waals surface area contributed by atoms with Gasteiger partial charge in [0.25, 0.3) is 5.56 Å². The number of benzene rings is 1. The fourth-order valence-electron chi connectivity index (χ4n) is 3.14. The SMILES string of the molecule is Cc1ccc(NC(=O)Cn2cnc3scc(-c4ccc(C)s4)c3c2=O)c(C)c1. The minimum Gasteiger partial charge on any atom is -0.324 e. The van der Waals surface area contributed by atoms with Gasteiger partial charge in [-0.1, -0.05) is 17.7 Å². The number of nitrogens with one attached hydrogen (secondary N) is 1. The molecule has 3 aromatic heterocycles. The van der Waals surface area contributed by atoms with E-state index in [9.17, 15) is 9.59 Å². The number of amides is 1. The summed E-state index contributed by atoms with van der Waals surface area (Å²) in [5.41, 5.74) is 3.57. The number of carbonyl (C=O) groups excluding carboxylic acids is 1. The maximum absolute atomic E-state index is 13.0. The van der Waals surface area contributed by atoms with Gasteiger partial charge in [0.1, 0.15) is 11.4 Å². The van der Waals surface area contributed by atoms with Crippen molar-refractivity contribution in [3.8, 4) is 10.4 Å². The molecule has 0 bridgehead atoms. The van der Waals surface area contributed by atoms with Crippen molar-refractivity contribution in [2.75, 3.05) is 5.32 Å². The molecule has 4 rings (SSSR count). The monoisotopic (exact) mass is 409 g/mol. The molecule has 4 aromatic rings. The second kappa shape index (κ2) is 7.33. The highest BCUT2D eigenvalue weighted by Crippen LogP contribution is 2.34. The Hall–Kier alpha value is -2.77. The number of nitrogens with zero attached hydrogens (tertiary/aromatic N) is 2. The van der Waals surface area contributed by atoms with E-state index >= 15 is 0 Å². The maximum Gasteiger partial charge on any atom is 0.263 e. The van der Waals surface area contributed by atoms with Crippen LogP contribution in [0, 0.1) is 20.8 Å². The van der Waals surface area contributed by atoms with Crippen molar-refractivity contribution in [1.82, 2.24) is 9.55 Å². The van der Waals surface area contributed by atoms with Crippen molar-refractivity contribution < 1.29 is 4.79 Å². The topological polar surface area (TPSA) is 64.0 Å². The van der Waals surface area contributed by atoms with Gasteiger partial charge in [-0.25, -0.2) is 4.98 Å². The zero-order valence-corrected chi connectivity index (χ0v) is 17.4. The van der Waals surface area contributed by atoms with E-state index in [-0.39, 0.29) is 18.0 Å². The molecule has 3 heterocycles. The normalized spacial score (nSPS) is 11.1. The minimum atomic E-state index is -0.251. The molecule has 5 nitrogen and oxygen atoms in total. The van der Waals surface area contributed by atoms with Crippen LogP contribution in [0.4, 0.5) is 5.69 Å². The van der Waals surface area contributed by atoms with Crippen molar-refractivity contribution in [1.29, 1.82) is 0 Å². The molecule has 0 radical (unpaired) electrons. The van der Waals surface area contributed by atoms with E-state index in [1.54, 1.807) is 11.3 Å². The number of aryl methyl sites for hydroxylation is 3. The summed E-state index contributed by atoms with van der Waals surface area (Å²) in [7, 11) is 0. The molecule has 0 fully saturated rings. The summed E-state index contributed by atoms with van der Waals surface area (Å²) in [6.45, 7) is 5.92. The van der Waals surface area contributed by atoms with E-state index in [0.717, 1.165) is 27.3 Å². The van der Waals surface area contributed by atoms with E-state index in [1.807, 2.05) is 56.5 Å². The summed E-state index contributed by atoms with van der Waals surface area (Å²) in [6, 6.07) is 9.89. The zero-order valence-electron chi connectivity index (χ0n) is 15.8. The Morgan fingerprint density at radius 2 is 2.00 bits per heavy atom. The van der Waals surface area contributed by atoms with Crippen LogP contribution in [-0.2, 0) is 11.3 Å². The van der Waals surface area contributed by atoms with Crippen LogP contribution < -0.4 is 10.9 Å². The van der Waals surface area contributed by atoms with Gasteiger partial charge in [-0.05, 0) is 44.5 Å². The van der Waals surface area contributed by atoms with Gasteiger partial charge in [0.2, 0.25) is 5.91 Å². The zero-order chi connectivity index (χ0) is 19.8. The van der Waals surface area contributed by atoms with Gasteiger partial charge in [-0.3, -0.25) is 14.2 Å². The van der Waals surface area contributed by atoms with Crippen molar-refractivity contribution in [3.63, 3.8) is 0 Å². The second-order valence-electron chi connectivity index (χ2n) is 6.78. The van der Waals surface area contributed by atoms with E-state index in [0.29, 0.717) is 10.2 Å². The Bertz CT molecular complexity index is 1250. The number of carbonyl (C=O) groups is 1. The molecule has 0 atom stereocenters. The number of fused-ring (bicyclic) bond motifs is 1. The van der Waals surface area contributed by atoms with E-state index in [4.69, 9.17) is 0 Å². The standard InChI is InChI=1S/C21H19N3O2S2/c1-12-4-6-16(13(2)8-12)23-18(25)9-24-11-22-20-19(21(24)26)15(10-27-20)17-7-5-14(3)28-17/h4-8,10-11H,9H2,1-3H3,(H,23,25). The summed E-state index contributed by atoms with van der Waals surface area (Å²) in [5.74, 6) is -0.251. The molecule has 0 aliphatic heterocycles. The Kier molecular flexibility index (Phi) is 4.87. The number of thiophene rings is 2. The van der Waals surface area contributed by atoms with Crippen LogP contribution >= 0.6 is 22.7 Å². The van der Waals surface area contributed by atoms with E-state index in [2.05, 4.69) is 10.3 Å². The largest absolute Gasteiger partial charge is 0.324 e. The van der Waals surface area contributed by atoms with Crippen molar-refractivity contribution in [2.45, 2.75) is 27.3 Å². The van der Waals surface area contributed by atoms with Crippen LogP contribution in [0.15, 0.2) is 46.8 Å². The highest BCUT2D eigenvalue weighted by atomic mass is 32.1. The molecule has 1 N–H and O–H groups in total. The van der Waals surface area contributed by atoms with Gasteiger partial charge in [-0.2, -0.15) is 0 Å². The van der Waals surface area contributed by atoms with Gasteiger partial charge in [0.05, 0.1) is 11.7 Å². The Labute approximate surface area is 170 Å². The average Bonchev–Trinajstić information content (AvgIpc) is 3.26. The molecule has 1 amide bonds. The molecule has 28 heavy (non-hydrogen) atoms. The molecule has 1 aromatic carbocycles. The lowest BCUT2D eigenvalue weighted by atomic mass is 10.1. The highest BCUT2D eigenvalue weighted by molar-refractivity contribution is 7.19. The smallest absolute Gasteiger partial charge is 0.263 e. The van der Waals surface area contributed by atoms with Crippen LogP contribution in [0.3, 0.4) is 0 Å². The van der Waals surface area contributed by atoms with Gasteiger partial charge < -0.3 is 5.32 Å². The summed E-state index contributed by atoms with van der Waals surface area (Å²) < 4.78 is 1.37. The molecule has 0 unspecified atom stereocenters. The van der Waals surface area contributed by atoms with Crippen LogP contribution in [0.1, 0.15) is 16.0 Å². The predicted molar refractivity (Wildman–Crippen MR) is 116 cm³/mol. The lowest BCUT2D eigenvalue weighted by Crippen LogP contribution is -2.28. The van der Waals surface area contributed by atoms with Gasteiger partial charge in [0, 0.05) is 26.4 Å². The first-order valence-electron chi connectivity index (χ1n) is 8.83. The molecule has 0 saturated heterocycles. The third-order valence-electron chi connectivity index (χ3n) is 4.54. The lowest BCUT2D eigenvalue weighted by Gasteiger charge is -2.10. The first-order chi connectivity index (χ1) is 13.4. The first kappa shape index (κ1) is 18.6. The van der Waals surface area contributed by atoms with Crippen LogP contribution in [0.25, 0.3) is 20.7 Å².